The molecule has 3 aliphatic rings. The lowest BCUT2D eigenvalue weighted by molar-refractivity contribution is -0.141. The Balaban J connectivity index is 1.63. The van der Waals surface area contributed by atoms with Gasteiger partial charge in [-0.25, -0.2) is 4.99 Å². The molecule has 7 heteroatoms. The third kappa shape index (κ3) is 3.47. The Morgan fingerprint density at radius 3 is 2.89 bits per heavy atom. The molecular formula is C21H27N3O2S2. The van der Waals surface area contributed by atoms with Crippen LogP contribution in [0.5, 0.6) is 0 Å². The van der Waals surface area contributed by atoms with Gasteiger partial charge in [-0.3, -0.25) is 14.5 Å². The normalized spacial score (nSPS) is 29.1. The quantitative estimate of drug-likeness (QED) is 0.739. The predicted molar refractivity (Wildman–Crippen MR) is 117 cm³/mol. The first-order valence-corrected chi connectivity index (χ1v) is 12.0. The molecule has 2 amide bonds. The first-order chi connectivity index (χ1) is 13.4. The Bertz CT molecular complexity index is 826. The number of carbonyl (C=O) groups is 2. The summed E-state index contributed by atoms with van der Waals surface area (Å²) in [6.07, 6.45) is 2.33. The Morgan fingerprint density at radius 1 is 1.32 bits per heavy atom. The molecule has 1 aromatic rings. The van der Waals surface area contributed by atoms with Gasteiger partial charge in [-0.15, -0.1) is 11.8 Å². The average Bonchev–Trinajstić information content (AvgIpc) is 3.18. The van der Waals surface area contributed by atoms with E-state index in [2.05, 4.69) is 26.8 Å². The molecule has 2 atom stereocenters. The number of amides is 2. The van der Waals surface area contributed by atoms with Gasteiger partial charge in [-0.2, -0.15) is 0 Å². The van der Waals surface area contributed by atoms with Crippen LogP contribution < -0.4 is 0 Å². The maximum absolute atomic E-state index is 13.5. The summed E-state index contributed by atoms with van der Waals surface area (Å²) in [6.45, 7) is 7.08. The highest BCUT2D eigenvalue weighted by Crippen LogP contribution is 2.47. The van der Waals surface area contributed by atoms with Crippen LogP contribution in [0.1, 0.15) is 51.5 Å². The topological polar surface area (TPSA) is 53.0 Å². The third-order valence-corrected chi connectivity index (χ3v) is 8.33. The van der Waals surface area contributed by atoms with Crippen LogP contribution in [0.2, 0.25) is 0 Å². The number of nitrogens with zero attached hydrogens (tertiary/aromatic N) is 3. The Labute approximate surface area is 175 Å². The largest absolute Gasteiger partial charge is 0.315 e. The lowest BCUT2D eigenvalue weighted by Crippen LogP contribution is -2.53. The van der Waals surface area contributed by atoms with E-state index in [1.165, 1.54) is 5.56 Å². The predicted octanol–water partition coefficient (Wildman–Crippen LogP) is 4.22. The number of para-hydroxylation sites is 1. The molecule has 0 aromatic heterocycles. The number of amidine groups is 1. The molecule has 2 unspecified atom stereocenters. The van der Waals surface area contributed by atoms with Gasteiger partial charge in [0.1, 0.15) is 6.04 Å². The van der Waals surface area contributed by atoms with Gasteiger partial charge in [-0.1, -0.05) is 43.8 Å². The first-order valence-electron chi connectivity index (χ1n) is 9.98. The SMILES string of the molecule is CC(C)c1ccccc1N=C1SCCCN1C(=O)C1CSC2(C)CCC(=O)N12. The molecule has 150 valence electrons. The van der Waals surface area contributed by atoms with Gasteiger partial charge in [0.2, 0.25) is 5.91 Å². The zero-order valence-electron chi connectivity index (χ0n) is 16.7. The van der Waals surface area contributed by atoms with Crippen LogP contribution in [0.15, 0.2) is 29.3 Å². The maximum Gasteiger partial charge on any atom is 0.252 e. The summed E-state index contributed by atoms with van der Waals surface area (Å²) in [6, 6.07) is 7.78. The van der Waals surface area contributed by atoms with Crippen LogP contribution in [-0.4, -0.2) is 55.7 Å². The van der Waals surface area contributed by atoms with Crippen molar-refractivity contribution in [2.45, 2.75) is 56.9 Å². The summed E-state index contributed by atoms with van der Waals surface area (Å²) in [7, 11) is 0. The van der Waals surface area contributed by atoms with Crippen LogP contribution in [-0.2, 0) is 9.59 Å². The molecule has 1 aromatic carbocycles. The molecule has 0 N–H and O–H groups in total. The van der Waals surface area contributed by atoms with Gasteiger partial charge < -0.3 is 4.90 Å². The van der Waals surface area contributed by atoms with Crippen molar-refractivity contribution in [3.63, 3.8) is 0 Å². The van der Waals surface area contributed by atoms with Crippen molar-refractivity contribution >= 4 is 46.2 Å². The number of aliphatic imine (C=N–C) groups is 1. The van der Waals surface area contributed by atoms with E-state index in [1.807, 2.05) is 28.0 Å². The van der Waals surface area contributed by atoms with E-state index in [1.54, 1.807) is 23.5 Å². The number of rotatable bonds is 3. The second kappa shape index (κ2) is 7.75. The van der Waals surface area contributed by atoms with Gasteiger partial charge in [0, 0.05) is 24.5 Å². The van der Waals surface area contributed by atoms with Crippen molar-refractivity contribution in [2.75, 3.05) is 18.1 Å². The fourth-order valence-corrected chi connectivity index (χ4v) is 6.60. The molecule has 28 heavy (non-hydrogen) atoms. The number of hydrogen-bond donors (Lipinski definition) is 0. The van der Waals surface area contributed by atoms with Crippen LogP contribution in [0, 0.1) is 0 Å². The lowest BCUT2D eigenvalue weighted by Gasteiger charge is -2.34. The fraction of sp³-hybridized carbons (Fsp3) is 0.571. The zero-order chi connectivity index (χ0) is 19.9. The van der Waals surface area contributed by atoms with Crippen molar-refractivity contribution in [2.24, 2.45) is 4.99 Å². The van der Waals surface area contributed by atoms with Gasteiger partial charge in [0.25, 0.3) is 5.91 Å². The minimum absolute atomic E-state index is 0.0273. The van der Waals surface area contributed by atoms with E-state index in [4.69, 9.17) is 4.99 Å². The van der Waals surface area contributed by atoms with E-state index in [-0.39, 0.29) is 22.7 Å². The molecule has 4 rings (SSSR count). The average molecular weight is 418 g/mol. The maximum atomic E-state index is 13.5. The molecule has 3 fully saturated rings. The highest BCUT2D eigenvalue weighted by atomic mass is 32.2. The molecule has 0 aliphatic carbocycles. The van der Waals surface area contributed by atoms with Crippen LogP contribution in [0.4, 0.5) is 5.69 Å². The molecule has 3 heterocycles. The summed E-state index contributed by atoms with van der Waals surface area (Å²) in [5, 5.41) is 0.773. The van der Waals surface area contributed by atoms with Crippen molar-refractivity contribution in [1.82, 2.24) is 9.80 Å². The highest BCUT2D eigenvalue weighted by molar-refractivity contribution is 8.13. The summed E-state index contributed by atoms with van der Waals surface area (Å²) < 4.78 is 0. The zero-order valence-corrected chi connectivity index (χ0v) is 18.3. The summed E-state index contributed by atoms with van der Waals surface area (Å²) in [4.78, 5) is 34.3. The Kier molecular flexibility index (Phi) is 5.49. The highest BCUT2D eigenvalue weighted by Gasteiger charge is 2.54. The summed E-state index contributed by atoms with van der Waals surface area (Å²) in [5.41, 5.74) is 2.12. The molecule has 3 saturated heterocycles. The molecule has 0 bridgehead atoms. The molecule has 0 radical (unpaired) electrons. The molecule has 5 nitrogen and oxygen atoms in total. The monoisotopic (exact) mass is 417 g/mol. The standard InChI is InChI=1S/C21H27N3O2S2/c1-14(2)15-7-4-5-8-16(15)22-20-23(11-6-12-27-20)19(26)17-13-28-21(3)10-9-18(25)24(17)21/h4-5,7-8,14,17H,6,9-13H2,1-3H3. The smallest absolute Gasteiger partial charge is 0.252 e. The second-order valence-electron chi connectivity index (χ2n) is 8.07. The number of fused-ring (bicyclic) bond motifs is 1. The van der Waals surface area contributed by atoms with Gasteiger partial charge in [0.15, 0.2) is 5.17 Å². The van der Waals surface area contributed by atoms with Gasteiger partial charge in [-0.05, 0) is 37.3 Å². The number of benzene rings is 1. The van der Waals surface area contributed by atoms with E-state index >= 15 is 0 Å². The molecular weight excluding hydrogens is 390 g/mol. The fourth-order valence-electron chi connectivity index (χ4n) is 4.22. The molecule has 0 saturated carbocycles. The Morgan fingerprint density at radius 2 is 2.11 bits per heavy atom. The van der Waals surface area contributed by atoms with Crippen LogP contribution in [0.25, 0.3) is 0 Å². The van der Waals surface area contributed by atoms with Crippen LogP contribution in [0.3, 0.4) is 0 Å². The molecule has 0 spiro atoms. The minimum Gasteiger partial charge on any atom is -0.315 e. The third-order valence-electron chi connectivity index (χ3n) is 5.76. The van der Waals surface area contributed by atoms with E-state index in [0.29, 0.717) is 24.6 Å². The number of thioether (sulfide) groups is 2. The van der Waals surface area contributed by atoms with Gasteiger partial charge in [0.05, 0.1) is 10.6 Å². The lowest BCUT2D eigenvalue weighted by atomic mass is 10.0. The summed E-state index contributed by atoms with van der Waals surface area (Å²) in [5.74, 6) is 2.15. The van der Waals surface area contributed by atoms with Crippen molar-refractivity contribution in [1.29, 1.82) is 0 Å². The number of carbonyl (C=O) groups excluding carboxylic acids is 2. The Hall–Kier alpha value is -1.47. The van der Waals surface area contributed by atoms with Crippen LogP contribution >= 0.6 is 23.5 Å². The van der Waals surface area contributed by atoms with Crippen molar-refractivity contribution in [3.8, 4) is 0 Å². The van der Waals surface area contributed by atoms with Crippen molar-refractivity contribution < 1.29 is 9.59 Å². The van der Waals surface area contributed by atoms with Gasteiger partial charge >= 0.3 is 0 Å². The second-order valence-corrected chi connectivity index (χ2v) is 10.6. The van der Waals surface area contributed by atoms with E-state index in [9.17, 15) is 9.59 Å². The molecule has 3 aliphatic heterocycles. The van der Waals surface area contributed by atoms with E-state index < -0.39 is 0 Å². The first kappa shape index (κ1) is 19.8. The minimum atomic E-state index is -0.366. The van der Waals surface area contributed by atoms with Crippen molar-refractivity contribution in [3.05, 3.63) is 29.8 Å². The number of hydrogen-bond acceptors (Lipinski definition) is 5. The summed E-state index contributed by atoms with van der Waals surface area (Å²) >= 11 is 3.39. The van der Waals surface area contributed by atoms with E-state index in [0.717, 1.165) is 29.4 Å².